The van der Waals surface area contributed by atoms with Crippen LogP contribution in [0.5, 0.6) is 23.0 Å². The fourth-order valence-electron chi connectivity index (χ4n) is 3.61. The maximum absolute atomic E-state index is 12.0. The second-order valence-corrected chi connectivity index (χ2v) is 6.42. The molecular weight excluding hydrogens is 356 g/mol. The average molecular weight is 374 g/mol. The molecule has 8 nitrogen and oxygen atoms in total. The summed E-state index contributed by atoms with van der Waals surface area (Å²) in [5.74, 6) is -4.08. The van der Waals surface area contributed by atoms with E-state index in [9.17, 15) is 20.1 Å². The van der Waals surface area contributed by atoms with Crippen LogP contribution in [0.2, 0.25) is 0 Å². The lowest BCUT2D eigenvalue weighted by atomic mass is 9.74. The Labute approximate surface area is 154 Å². The molecule has 3 atom stereocenters. The number of carbonyl (C=O) groups is 1. The predicted octanol–water partition coefficient (Wildman–Crippen LogP) is 1.33. The zero-order valence-electron chi connectivity index (χ0n) is 14.4. The largest absolute Gasteiger partial charge is 0.497 e. The molecule has 0 unspecified atom stereocenters. The van der Waals surface area contributed by atoms with E-state index in [1.807, 2.05) is 0 Å². The number of fused-ring (bicyclic) bond motifs is 2. The number of hydrogen-bond donors (Lipinski definition) is 3. The van der Waals surface area contributed by atoms with Gasteiger partial charge >= 0.3 is 5.97 Å². The van der Waals surface area contributed by atoms with E-state index in [1.54, 1.807) is 30.3 Å². The smallest absolute Gasteiger partial charge is 0.314 e. The molecule has 27 heavy (non-hydrogen) atoms. The first kappa shape index (κ1) is 17.4. The molecule has 0 aliphatic carbocycles. The standard InChI is InChI=1S/C19H18O8/c1-24-11-4-2-10(3-5-11)16-12-6-14-15(26-9-25-14)7-13(12)27-19(23,8-20)17(16)18(21)22/h2-7,16-17,20,23H,8-9H2,1H3,(H,21,22)/t16-,17-,19+/m0/s1. The van der Waals surface area contributed by atoms with Crippen LogP contribution in [0, 0.1) is 5.92 Å². The number of methoxy groups -OCH3 is 1. The number of benzene rings is 2. The van der Waals surface area contributed by atoms with Gasteiger partial charge in [0.1, 0.15) is 24.0 Å². The van der Waals surface area contributed by atoms with Crippen molar-refractivity contribution in [2.75, 3.05) is 20.5 Å². The Bertz CT molecular complexity index is 878. The summed E-state index contributed by atoms with van der Waals surface area (Å²) in [7, 11) is 1.53. The fourth-order valence-corrected chi connectivity index (χ4v) is 3.61. The van der Waals surface area contributed by atoms with Crippen molar-refractivity contribution in [2.24, 2.45) is 5.92 Å². The predicted molar refractivity (Wildman–Crippen MR) is 91.2 cm³/mol. The van der Waals surface area contributed by atoms with Crippen molar-refractivity contribution in [2.45, 2.75) is 11.7 Å². The molecule has 142 valence electrons. The molecule has 0 bridgehead atoms. The minimum atomic E-state index is -2.29. The third kappa shape index (κ3) is 2.73. The van der Waals surface area contributed by atoms with Crippen LogP contribution >= 0.6 is 0 Å². The highest BCUT2D eigenvalue weighted by atomic mass is 16.7. The number of aliphatic hydroxyl groups excluding tert-OH is 1. The van der Waals surface area contributed by atoms with E-state index in [2.05, 4.69) is 0 Å². The molecule has 0 spiro atoms. The van der Waals surface area contributed by atoms with Crippen LogP contribution in [-0.2, 0) is 4.79 Å². The Kier molecular flexibility index (Phi) is 4.09. The van der Waals surface area contributed by atoms with Crippen LogP contribution in [0.1, 0.15) is 17.0 Å². The van der Waals surface area contributed by atoms with E-state index in [-0.39, 0.29) is 12.5 Å². The first-order valence-corrected chi connectivity index (χ1v) is 8.29. The lowest BCUT2D eigenvalue weighted by Crippen LogP contribution is -2.55. The molecule has 2 aliphatic rings. The van der Waals surface area contributed by atoms with E-state index in [4.69, 9.17) is 18.9 Å². The fraction of sp³-hybridized carbons (Fsp3) is 0.316. The zero-order chi connectivity index (χ0) is 19.2. The summed E-state index contributed by atoms with van der Waals surface area (Å²) in [6.07, 6.45) is 0. The second-order valence-electron chi connectivity index (χ2n) is 6.42. The molecule has 0 amide bonds. The van der Waals surface area contributed by atoms with Crippen LogP contribution in [0.3, 0.4) is 0 Å². The number of carboxylic acids is 1. The Morgan fingerprint density at radius 2 is 1.85 bits per heavy atom. The van der Waals surface area contributed by atoms with Crippen LogP contribution in [0.25, 0.3) is 0 Å². The third-order valence-corrected chi connectivity index (χ3v) is 4.91. The highest BCUT2D eigenvalue weighted by molar-refractivity contribution is 5.75. The van der Waals surface area contributed by atoms with Crippen molar-refractivity contribution in [1.82, 2.24) is 0 Å². The van der Waals surface area contributed by atoms with Crippen molar-refractivity contribution in [3.8, 4) is 23.0 Å². The van der Waals surface area contributed by atoms with E-state index >= 15 is 0 Å². The van der Waals surface area contributed by atoms with Gasteiger partial charge in [-0.3, -0.25) is 4.79 Å². The summed E-state index contributed by atoms with van der Waals surface area (Å²) in [4.78, 5) is 12.0. The zero-order valence-corrected chi connectivity index (χ0v) is 14.4. The number of aliphatic carboxylic acids is 1. The summed E-state index contributed by atoms with van der Waals surface area (Å²) >= 11 is 0. The van der Waals surface area contributed by atoms with Crippen molar-refractivity contribution >= 4 is 5.97 Å². The molecule has 2 heterocycles. The Morgan fingerprint density at radius 3 is 2.44 bits per heavy atom. The summed E-state index contributed by atoms with van der Waals surface area (Å²) in [6.45, 7) is -0.845. The van der Waals surface area contributed by atoms with Crippen molar-refractivity contribution in [1.29, 1.82) is 0 Å². The summed E-state index contributed by atoms with van der Waals surface area (Å²) in [6, 6.07) is 10.0. The number of aliphatic hydroxyl groups is 2. The lowest BCUT2D eigenvalue weighted by molar-refractivity contribution is -0.220. The molecular formula is C19H18O8. The van der Waals surface area contributed by atoms with Gasteiger partial charge in [-0.2, -0.15) is 0 Å². The molecule has 0 fully saturated rings. The van der Waals surface area contributed by atoms with Crippen molar-refractivity contribution < 1.29 is 39.1 Å². The first-order valence-electron chi connectivity index (χ1n) is 8.29. The monoisotopic (exact) mass is 374 g/mol. The van der Waals surface area contributed by atoms with Gasteiger partial charge in [0.05, 0.1) is 7.11 Å². The number of carboxylic acid groups (broad SMARTS) is 1. The van der Waals surface area contributed by atoms with Gasteiger partial charge in [0.25, 0.3) is 0 Å². The second kappa shape index (κ2) is 6.33. The SMILES string of the molecule is COc1ccc([C@H]2c3cc4c(cc3O[C@](O)(CO)[C@@H]2C(=O)O)OCO4)cc1. The molecule has 2 aromatic rings. The van der Waals surface area contributed by atoms with E-state index in [0.717, 1.165) is 0 Å². The van der Waals surface area contributed by atoms with Gasteiger partial charge in [0, 0.05) is 17.5 Å². The van der Waals surface area contributed by atoms with Crippen molar-refractivity contribution in [3.05, 3.63) is 47.5 Å². The van der Waals surface area contributed by atoms with Crippen LogP contribution < -0.4 is 18.9 Å². The van der Waals surface area contributed by atoms with E-state index in [1.165, 1.54) is 13.2 Å². The maximum Gasteiger partial charge on any atom is 0.314 e. The highest BCUT2D eigenvalue weighted by Crippen LogP contribution is 2.51. The topological polar surface area (TPSA) is 115 Å². The third-order valence-electron chi connectivity index (χ3n) is 4.91. The molecule has 8 heteroatoms. The van der Waals surface area contributed by atoms with Crippen LogP contribution in [0.15, 0.2) is 36.4 Å². The maximum atomic E-state index is 12.0. The Morgan fingerprint density at radius 1 is 1.19 bits per heavy atom. The van der Waals surface area contributed by atoms with Gasteiger partial charge in [-0.05, 0) is 23.8 Å². The average Bonchev–Trinajstić information content (AvgIpc) is 3.12. The normalized spacial score (nSPS) is 25.4. The molecule has 4 rings (SSSR count). The number of hydrogen-bond acceptors (Lipinski definition) is 7. The molecule has 0 aromatic heterocycles. The number of ether oxygens (including phenoxy) is 4. The number of rotatable bonds is 4. The molecule has 0 saturated carbocycles. The minimum Gasteiger partial charge on any atom is -0.497 e. The van der Waals surface area contributed by atoms with Gasteiger partial charge in [-0.1, -0.05) is 12.1 Å². The first-order chi connectivity index (χ1) is 13.0. The highest BCUT2D eigenvalue weighted by Gasteiger charge is 2.54. The summed E-state index contributed by atoms with van der Waals surface area (Å²) in [5.41, 5.74) is 1.15. The van der Waals surface area contributed by atoms with Crippen LogP contribution in [-0.4, -0.2) is 47.6 Å². The van der Waals surface area contributed by atoms with Crippen LogP contribution in [0.4, 0.5) is 0 Å². The molecule has 0 radical (unpaired) electrons. The summed E-state index contributed by atoms with van der Waals surface area (Å²) < 4.78 is 21.4. The lowest BCUT2D eigenvalue weighted by Gasteiger charge is -2.42. The quantitative estimate of drug-likeness (QED) is 0.734. The minimum absolute atomic E-state index is 0.0397. The molecule has 2 aromatic carbocycles. The molecule has 3 N–H and O–H groups in total. The Balaban J connectivity index is 1.92. The molecule has 0 saturated heterocycles. The van der Waals surface area contributed by atoms with Gasteiger partial charge in [0.2, 0.25) is 12.6 Å². The summed E-state index contributed by atoms with van der Waals surface area (Å²) in [5, 5.41) is 30.3. The van der Waals surface area contributed by atoms with Gasteiger partial charge in [-0.15, -0.1) is 0 Å². The Hall–Kier alpha value is -2.97. The van der Waals surface area contributed by atoms with Gasteiger partial charge in [-0.25, -0.2) is 0 Å². The van der Waals surface area contributed by atoms with E-state index < -0.39 is 30.2 Å². The molecule has 2 aliphatic heterocycles. The van der Waals surface area contributed by atoms with Gasteiger partial charge in [0.15, 0.2) is 11.5 Å². The van der Waals surface area contributed by atoms with Gasteiger partial charge < -0.3 is 34.3 Å². The van der Waals surface area contributed by atoms with E-state index in [0.29, 0.717) is 28.4 Å². The van der Waals surface area contributed by atoms with Crippen molar-refractivity contribution in [3.63, 3.8) is 0 Å².